The van der Waals surface area contributed by atoms with Crippen LogP contribution in [0.5, 0.6) is 0 Å². The molecule has 1 unspecified atom stereocenters. The summed E-state index contributed by atoms with van der Waals surface area (Å²) >= 11 is 0. The minimum absolute atomic E-state index is 0.0196. The molecule has 1 saturated heterocycles. The molecule has 1 rings (SSSR count). The van der Waals surface area contributed by atoms with E-state index >= 15 is 0 Å². The highest BCUT2D eigenvalue weighted by molar-refractivity contribution is 5.79. The molecule has 0 radical (unpaired) electrons. The predicted molar refractivity (Wildman–Crippen MR) is 116 cm³/mol. The highest BCUT2D eigenvalue weighted by Crippen LogP contribution is 2.23. The summed E-state index contributed by atoms with van der Waals surface area (Å²) in [5.74, 6) is 1.11. The zero-order chi connectivity index (χ0) is 22.1. The summed E-state index contributed by atoms with van der Waals surface area (Å²) in [4.78, 5) is 18.6. The lowest BCUT2D eigenvalue weighted by Crippen LogP contribution is -2.51. The normalized spacial score (nSPS) is 18.3. The van der Waals surface area contributed by atoms with E-state index in [0.29, 0.717) is 12.5 Å². The summed E-state index contributed by atoms with van der Waals surface area (Å²) in [5, 5.41) is 6.44. The second-order valence-electron chi connectivity index (χ2n) is 9.11. The van der Waals surface area contributed by atoms with Gasteiger partial charge in [0, 0.05) is 66.4 Å². The lowest BCUT2D eigenvalue weighted by molar-refractivity contribution is -0.0857. The Bertz CT molecular complexity index is 525. The molecule has 0 saturated carbocycles. The average molecular weight is 415 g/mol. The van der Waals surface area contributed by atoms with E-state index in [9.17, 15) is 4.79 Å². The van der Waals surface area contributed by atoms with Crippen LogP contribution in [-0.4, -0.2) is 81.7 Å². The lowest BCUT2D eigenvalue weighted by atomic mass is 9.94. The van der Waals surface area contributed by atoms with Crippen LogP contribution in [0.4, 0.5) is 4.79 Å². The fraction of sp³-hybridized carbons (Fsp3) is 0.905. The van der Waals surface area contributed by atoms with Gasteiger partial charge in [-0.25, -0.2) is 4.79 Å². The monoisotopic (exact) mass is 414 g/mol. The largest absolute Gasteiger partial charge is 0.444 e. The maximum atomic E-state index is 12.1. The van der Waals surface area contributed by atoms with Crippen molar-refractivity contribution in [2.45, 2.75) is 71.1 Å². The number of hydrogen-bond donors (Lipinski definition) is 2. The summed E-state index contributed by atoms with van der Waals surface area (Å²) < 4.78 is 16.7. The Morgan fingerprint density at radius 2 is 1.90 bits per heavy atom. The maximum absolute atomic E-state index is 12.1. The van der Waals surface area contributed by atoms with Gasteiger partial charge in [-0.05, 0) is 33.1 Å². The first-order valence-corrected chi connectivity index (χ1v) is 10.6. The molecule has 8 nitrogen and oxygen atoms in total. The molecule has 170 valence electrons. The van der Waals surface area contributed by atoms with Crippen LogP contribution in [0, 0.1) is 5.92 Å². The number of methoxy groups -OCH3 is 1. The SMILES string of the molecule is CN=C(NCC1(OC)CCOCC1)N(C)CCC(NC(=O)OC(C)(C)C)C(C)C. The third-order valence-electron chi connectivity index (χ3n) is 5.26. The number of nitrogens with one attached hydrogen (secondary N) is 2. The number of ether oxygens (including phenoxy) is 3. The van der Waals surface area contributed by atoms with Crippen LogP contribution in [-0.2, 0) is 14.2 Å². The molecule has 0 aliphatic carbocycles. The minimum Gasteiger partial charge on any atom is -0.444 e. The number of aliphatic imine (C=N–C) groups is 1. The molecule has 0 aromatic carbocycles. The fourth-order valence-electron chi connectivity index (χ4n) is 3.29. The quantitative estimate of drug-likeness (QED) is 0.469. The molecule has 1 aliphatic heterocycles. The summed E-state index contributed by atoms with van der Waals surface area (Å²) in [6.07, 6.45) is 2.15. The Kier molecular flexibility index (Phi) is 10.2. The predicted octanol–water partition coefficient (Wildman–Crippen LogP) is 2.63. The van der Waals surface area contributed by atoms with Crippen LogP contribution in [0.15, 0.2) is 4.99 Å². The Balaban J connectivity index is 2.57. The van der Waals surface area contributed by atoms with Crippen molar-refractivity contribution in [2.75, 3.05) is 47.5 Å². The molecule has 1 heterocycles. The second kappa shape index (κ2) is 11.6. The van der Waals surface area contributed by atoms with Gasteiger partial charge in [0.1, 0.15) is 5.60 Å². The van der Waals surface area contributed by atoms with Gasteiger partial charge in [0.15, 0.2) is 5.96 Å². The number of rotatable bonds is 8. The maximum Gasteiger partial charge on any atom is 0.407 e. The van der Waals surface area contributed by atoms with Gasteiger partial charge in [-0.15, -0.1) is 0 Å². The van der Waals surface area contributed by atoms with E-state index in [2.05, 4.69) is 34.4 Å². The van der Waals surface area contributed by atoms with Gasteiger partial charge in [0.05, 0.1) is 5.60 Å². The summed E-state index contributed by atoms with van der Waals surface area (Å²) in [6, 6.07) is 0.0196. The van der Waals surface area contributed by atoms with E-state index in [-0.39, 0.29) is 17.7 Å². The topological polar surface area (TPSA) is 84.4 Å². The van der Waals surface area contributed by atoms with Crippen molar-refractivity contribution in [3.63, 3.8) is 0 Å². The zero-order valence-electron chi connectivity index (χ0n) is 19.6. The molecular weight excluding hydrogens is 372 g/mol. The van der Waals surface area contributed by atoms with E-state index < -0.39 is 5.60 Å². The molecule has 29 heavy (non-hydrogen) atoms. The highest BCUT2D eigenvalue weighted by Gasteiger charge is 2.33. The van der Waals surface area contributed by atoms with Gasteiger partial charge >= 0.3 is 6.09 Å². The van der Waals surface area contributed by atoms with Crippen molar-refractivity contribution >= 4 is 12.1 Å². The number of hydrogen-bond acceptors (Lipinski definition) is 5. The van der Waals surface area contributed by atoms with Gasteiger partial charge in [-0.2, -0.15) is 0 Å². The standard InChI is InChI=1S/C21H42N4O4/c1-16(2)17(24-19(26)29-20(3,4)5)9-12-25(7)18(22-6)23-15-21(27-8)10-13-28-14-11-21/h16-17H,9-15H2,1-8H3,(H,22,23)(H,24,26). The average Bonchev–Trinajstić information content (AvgIpc) is 2.64. The molecule has 1 atom stereocenters. The zero-order valence-corrected chi connectivity index (χ0v) is 19.6. The van der Waals surface area contributed by atoms with E-state index in [4.69, 9.17) is 14.2 Å². The first-order valence-electron chi connectivity index (χ1n) is 10.6. The number of alkyl carbamates (subject to hydrolysis) is 1. The van der Waals surface area contributed by atoms with Crippen molar-refractivity contribution in [2.24, 2.45) is 10.9 Å². The summed E-state index contributed by atoms with van der Waals surface area (Å²) in [5.41, 5.74) is -0.719. The van der Waals surface area contributed by atoms with Gasteiger partial charge in [-0.3, -0.25) is 4.99 Å². The van der Waals surface area contributed by atoms with E-state index in [0.717, 1.165) is 45.0 Å². The van der Waals surface area contributed by atoms with E-state index in [1.807, 2.05) is 27.8 Å². The molecule has 1 aliphatic rings. The van der Waals surface area contributed by atoms with Crippen LogP contribution in [0.25, 0.3) is 0 Å². The second-order valence-corrected chi connectivity index (χ2v) is 9.11. The molecule has 0 aromatic rings. The molecule has 1 amide bonds. The Hall–Kier alpha value is -1.54. The highest BCUT2D eigenvalue weighted by atomic mass is 16.6. The minimum atomic E-state index is -0.504. The molecular formula is C21H42N4O4. The van der Waals surface area contributed by atoms with Gasteiger partial charge < -0.3 is 29.7 Å². The van der Waals surface area contributed by atoms with Gasteiger partial charge in [0.2, 0.25) is 0 Å². The van der Waals surface area contributed by atoms with Gasteiger partial charge in [-0.1, -0.05) is 13.8 Å². The molecule has 1 fully saturated rings. The van der Waals surface area contributed by atoms with Crippen LogP contribution in [0.2, 0.25) is 0 Å². The third-order valence-corrected chi connectivity index (χ3v) is 5.26. The number of carbonyl (C=O) groups excluding carboxylic acids is 1. The molecule has 0 bridgehead atoms. The number of amides is 1. The van der Waals surface area contributed by atoms with Crippen LogP contribution in [0.1, 0.15) is 53.9 Å². The first-order chi connectivity index (χ1) is 13.5. The number of nitrogens with zero attached hydrogens (tertiary/aromatic N) is 2. The molecule has 2 N–H and O–H groups in total. The fourth-order valence-corrected chi connectivity index (χ4v) is 3.29. The Labute approximate surface area is 176 Å². The molecule has 0 aromatic heterocycles. The van der Waals surface area contributed by atoms with Gasteiger partial charge in [0.25, 0.3) is 0 Å². The van der Waals surface area contributed by atoms with Crippen LogP contribution < -0.4 is 10.6 Å². The summed E-state index contributed by atoms with van der Waals surface area (Å²) in [6.45, 7) is 12.7. The molecule has 8 heteroatoms. The first kappa shape index (κ1) is 25.5. The van der Waals surface area contributed by atoms with Crippen molar-refractivity contribution in [1.82, 2.24) is 15.5 Å². The van der Waals surface area contributed by atoms with Crippen molar-refractivity contribution in [3.8, 4) is 0 Å². The number of carbonyl (C=O) groups is 1. The van der Waals surface area contributed by atoms with E-state index in [1.165, 1.54) is 0 Å². The Morgan fingerprint density at radius 1 is 1.28 bits per heavy atom. The summed E-state index contributed by atoms with van der Waals surface area (Å²) in [7, 11) is 5.54. The van der Waals surface area contributed by atoms with Crippen LogP contribution in [0.3, 0.4) is 0 Å². The van der Waals surface area contributed by atoms with E-state index in [1.54, 1.807) is 14.2 Å². The molecule has 0 spiro atoms. The Morgan fingerprint density at radius 3 is 2.38 bits per heavy atom. The van der Waals surface area contributed by atoms with Crippen molar-refractivity contribution in [3.05, 3.63) is 0 Å². The van der Waals surface area contributed by atoms with Crippen molar-refractivity contribution < 1.29 is 19.0 Å². The smallest absolute Gasteiger partial charge is 0.407 e. The van der Waals surface area contributed by atoms with Crippen molar-refractivity contribution in [1.29, 1.82) is 0 Å². The lowest BCUT2D eigenvalue weighted by Gasteiger charge is -2.37. The third kappa shape index (κ3) is 9.21. The van der Waals surface area contributed by atoms with Crippen LogP contribution >= 0.6 is 0 Å². The number of guanidine groups is 1.